The van der Waals surface area contributed by atoms with Crippen LogP contribution in [0.4, 0.5) is 4.79 Å². The van der Waals surface area contributed by atoms with Crippen LogP contribution in [-0.2, 0) is 4.74 Å². The maximum absolute atomic E-state index is 12.4. The lowest BCUT2D eigenvalue weighted by Crippen LogP contribution is -2.51. The normalized spacial score (nSPS) is 26.1. The molecule has 2 fully saturated rings. The molecule has 1 amide bonds. The van der Waals surface area contributed by atoms with Crippen molar-refractivity contribution in [2.45, 2.75) is 64.5 Å². The van der Waals surface area contributed by atoms with Gasteiger partial charge in [-0.05, 0) is 71.3 Å². The van der Waals surface area contributed by atoms with Gasteiger partial charge in [0.1, 0.15) is 5.60 Å². The maximum Gasteiger partial charge on any atom is 0.410 e. The first-order valence-corrected chi connectivity index (χ1v) is 7.62. The van der Waals surface area contributed by atoms with Gasteiger partial charge < -0.3 is 15.4 Å². The van der Waals surface area contributed by atoms with Gasteiger partial charge in [-0.15, -0.1) is 0 Å². The number of nitrogens with two attached hydrogens (primary N) is 1. The van der Waals surface area contributed by atoms with E-state index in [1.54, 1.807) is 0 Å². The van der Waals surface area contributed by atoms with E-state index < -0.39 is 5.60 Å². The molecule has 1 saturated carbocycles. The molecule has 0 aromatic carbocycles. The molecule has 4 heteroatoms. The molecule has 1 aliphatic heterocycles. The van der Waals surface area contributed by atoms with Gasteiger partial charge >= 0.3 is 6.09 Å². The van der Waals surface area contributed by atoms with Crippen LogP contribution >= 0.6 is 0 Å². The Morgan fingerprint density at radius 2 is 2.00 bits per heavy atom. The lowest BCUT2D eigenvalue weighted by atomic mass is 9.87. The van der Waals surface area contributed by atoms with Crippen LogP contribution in [0.25, 0.3) is 0 Å². The number of piperidine rings is 1. The molecule has 2 N–H and O–H groups in total. The minimum Gasteiger partial charge on any atom is -0.444 e. The summed E-state index contributed by atoms with van der Waals surface area (Å²) < 4.78 is 5.55. The van der Waals surface area contributed by atoms with Crippen molar-refractivity contribution in [3.8, 4) is 0 Å². The van der Waals surface area contributed by atoms with Crippen molar-refractivity contribution in [2.75, 3.05) is 13.1 Å². The second-order valence-electron chi connectivity index (χ2n) is 6.97. The van der Waals surface area contributed by atoms with Gasteiger partial charge in [0, 0.05) is 12.6 Å². The molecule has 2 aliphatic rings. The fourth-order valence-corrected chi connectivity index (χ4v) is 3.14. The highest BCUT2D eigenvalue weighted by atomic mass is 16.6. The fraction of sp³-hybridized carbons (Fsp3) is 0.933. The summed E-state index contributed by atoms with van der Waals surface area (Å²) in [5.74, 6) is 1.20. The van der Waals surface area contributed by atoms with Crippen molar-refractivity contribution in [1.29, 1.82) is 0 Å². The average Bonchev–Trinajstić information content (AvgIpc) is 3.13. The predicted octanol–water partition coefficient (Wildman–Crippen LogP) is 2.76. The van der Waals surface area contributed by atoms with E-state index in [0.29, 0.717) is 18.5 Å². The number of ether oxygens (including phenoxy) is 1. The smallest absolute Gasteiger partial charge is 0.410 e. The maximum atomic E-state index is 12.4. The summed E-state index contributed by atoms with van der Waals surface area (Å²) in [5, 5.41) is 0. The predicted molar refractivity (Wildman–Crippen MR) is 75.8 cm³/mol. The third-order valence-electron chi connectivity index (χ3n) is 4.17. The van der Waals surface area contributed by atoms with Crippen molar-refractivity contribution < 1.29 is 9.53 Å². The fourth-order valence-electron chi connectivity index (χ4n) is 3.14. The number of hydrogen-bond acceptors (Lipinski definition) is 3. The van der Waals surface area contributed by atoms with Crippen LogP contribution in [0.1, 0.15) is 52.9 Å². The van der Waals surface area contributed by atoms with Crippen LogP contribution in [0.15, 0.2) is 0 Å². The second kappa shape index (κ2) is 5.70. The average molecular weight is 268 g/mol. The van der Waals surface area contributed by atoms with Gasteiger partial charge in [-0.1, -0.05) is 0 Å². The Balaban J connectivity index is 2.04. The third kappa shape index (κ3) is 3.85. The zero-order chi connectivity index (χ0) is 14.0. The van der Waals surface area contributed by atoms with Crippen LogP contribution in [0.5, 0.6) is 0 Å². The number of carbonyl (C=O) groups is 1. The van der Waals surface area contributed by atoms with Gasteiger partial charge in [-0.2, -0.15) is 0 Å². The van der Waals surface area contributed by atoms with E-state index >= 15 is 0 Å². The summed E-state index contributed by atoms with van der Waals surface area (Å²) in [6.45, 7) is 7.28. The van der Waals surface area contributed by atoms with Gasteiger partial charge in [0.2, 0.25) is 0 Å². The topological polar surface area (TPSA) is 55.6 Å². The summed E-state index contributed by atoms with van der Waals surface area (Å²) in [7, 11) is 0. The molecule has 1 heterocycles. The van der Waals surface area contributed by atoms with Crippen molar-refractivity contribution >= 4 is 6.09 Å². The summed E-state index contributed by atoms with van der Waals surface area (Å²) in [6.07, 6.45) is 5.76. The van der Waals surface area contributed by atoms with Gasteiger partial charge in [0.15, 0.2) is 0 Å². The molecule has 1 saturated heterocycles. The minimum atomic E-state index is -0.420. The molecule has 1 aliphatic carbocycles. The van der Waals surface area contributed by atoms with E-state index in [9.17, 15) is 4.79 Å². The van der Waals surface area contributed by atoms with Crippen LogP contribution in [0.3, 0.4) is 0 Å². The monoisotopic (exact) mass is 268 g/mol. The standard InChI is InChI=1S/C15H28N2O2/c1-15(2,3)19-14(18)17-9-5-4-6-13(17)12(10-16)11-7-8-11/h11-13H,4-10,16H2,1-3H3. The van der Waals surface area contributed by atoms with Crippen molar-refractivity contribution in [3.63, 3.8) is 0 Å². The summed E-state index contributed by atoms with van der Waals surface area (Å²) in [4.78, 5) is 14.3. The molecular weight excluding hydrogens is 240 g/mol. The molecule has 0 aromatic heterocycles. The quantitative estimate of drug-likeness (QED) is 0.856. The Labute approximate surface area is 116 Å². The summed E-state index contributed by atoms with van der Waals surface area (Å²) in [6, 6.07) is 0.293. The lowest BCUT2D eigenvalue weighted by Gasteiger charge is -2.40. The first-order valence-electron chi connectivity index (χ1n) is 7.62. The number of likely N-dealkylation sites (tertiary alicyclic amines) is 1. The van der Waals surface area contributed by atoms with Crippen molar-refractivity contribution in [2.24, 2.45) is 17.6 Å². The van der Waals surface area contributed by atoms with Crippen LogP contribution < -0.4 is 5.73 Å². The van der Waals surface area contributed by atoms with E-state index in [4.69, 9.17) is 10.5 Å². The highest BCUT2D eigenvalue weighted by molar-refractivity contribution is 5.68. The Bertz CT molecular complexity index is 321. The summed E-state index contributed by atoms with van der Waals surface area (Å²) >= 11 is 0. The summed E-state index contributed by atoms with van der Waals surface area (Å²) in [5.41, 5.74) is 5.54. The molecule has 0 radical (unpaired) electrons. The third-order valence-corrected chi connectivity index (χ3v) is 4.17. The minimum absolute atomic E-state index is 0.156. The first kappa shape index (κ1) is 14.6. The van der Waals surface area contributed by atoms with Gasteiger partial charge in [-0.25, -0.2) is 4.79 Å². The molecule has 110 valence electrons. The van der Waals surface area contributed by atoms with E-state index in [-0.39, 0.29) is 6.09 Å². The zero-order valence-electron chi connectivity index (χ0n) is 12.5. The Morgan fingerprint density at radius 1 is 1.32 bits per heavy atom. The lowest BCUT2D eigenvalue weighted by molar-refractivity contribution is 0.000371. The molecule has 2 atom stereocenters. The SMILES string of the molecule is CC(C)(C)OC(=O)N1CCCCC1C(CN)C1CC1. The van der Waals surface area contributed by atoms with Crippen LogP contribution in [0.2, 0.25) is 0 Å². The van der Waals surface area contributed by atoms with Crippen LogP contribution in [-0.4, -0.2) is 35.7 Å². The largest absolute Gasteiger partial charge is 0.444 e. The highest BCUT2D eigenvalue weighted by Gasteiger charge is 2.41. The Kier molecular flexibility index (Phi) is 4.39. The Morgan fingerprint density at radius 3 is 2.53 bits per heavy atom. The van der Waals surface area contributed by atoms with Gasteiger partial charge in [0.25, 0.3) is 0 Å². The van der Waals surface area contributed by atoms with Crippen LogP contribution in [0, 0.1) is 11.8 Å². The van der Waals surface area contributed by atoms with E-state index in [1.165, 1.54) is 19.3 Å². The van der Waals surface area contributed by atoms with Crippen molar-refractivity contribution in [1.82, 2.24) is 4.90 Å². The molecular formula is C15H28N2O2. The zero-order valence-corrected chi connectivity index (χ0v) is 12.5. The molecule has 2 unspecified atom stereocenters. The second-order valence-corrected chi connectivity index (χ2v) is 6.97. The van der Waals surface area contributed by atoms with Gasteiger partial charge in [0.05, 0.1) is 0 Å². The highest BCUT2D eigenvalue weighted by Crippen LogP contribution is 2.41. The first-order chi connectivity index (χ1) is 8.92. The van der Waals surface area contributed by atoms with E-state index in [2.05, 4.69) is 0 Å². The van der Waals surface area contributed by atoms with Crippen molar-refractivity contribution in [3.05, 3.63) is 0 Å². The number of nitrogens with zero attached hydrogens (tertiary/aromatic N) is 1. The Hall–Kier alpha value is -0.770. The molecule has 0 spiro atoms. The molecule has 4 nitrogen and oxygen atoms in total. The number of carbonyl (C=O) groups excluding carboxylic acids is 1. The molecule has 0 aromatic rings. The number of amides is 1. The van der Waals surface area contributed by atoms with Gasteiger partial charge in [-0.3, -0.25) is 0 Å². The van der Waals surface area contributed by atoms with E-state index in [0.717, 1.165) is 25.3 Å². The van der Waals surface area contributed by atoms with E-state index in [1.807, 2.05) is 25.7 Å². The molecule has 2 rings (SSSR count). The molecule has 0 bridgehead atoms. The number of rotatable bonds is 3. The number of hydrogen-bond donors (Lipinski definition) is 1. The molecule has 19 heavy (non-hydrogen) atoms.